The predicted octanol–water partition coefficient (Wildman–Crippen LogP) is 1.80. The fourth-order valence-electron chi connectivity index (χ4n) is 1.16. The molecule has 1 aromatic rings. The first kappa shape index (κ1) is 9.47. The van der Waals surface area contributed by atoms with Crippen LogP contribution in [0.2, 0.25) is 0 Å². The molecule has 0 fully saturated rings. The third kappa shape index (κ3) is 2.41. The maximum absolute atomic E-state index is 5.18. The van der Waals surface area contributed by atoms with E-state index in [-0.39, 0.29) is 0 Å². The Kier molecular flexibility index (Phi) is 3.22. The molecule has 0 saturated heterocycles. The van der Waals surface area contributed by atoms with Crippen LogP contribution in [0, 0.1) is 12.3 Å². The highest BCUT2D eigenvalue weighted by Gasteiger charge is 2.00. The molecule has 13 heavy (non-hydrogen) atoms. The van der Waals surface area contributed by atoms with E-state index in [1.165, 1.54) is 0 Å². The normalized spacial score (nSPS) is 9.00. The van der Waals surface area contributed by atoms with Crippen molar-refractivity contribution >= 4 is 11.4 Å². The van der Waals surface area contributed by atoms with E-state index in [1.807, 2.05) is 32.3 Å². The summed E-state index contributed by atoms with van der Waals surface area (Å²) in [4.78, 5) is 2.05. The summed E-state index contributed by atoms with van der Waals surface area (Å²) in [7, 11) is 4.02. The Morgan fingerprint density at radius 1 is 1.38 bits per heavy atom. The van der Waals surface area contributed by atoms with Crippen molar-refractivity contribution in [2.24, 2.45) is 0 Å². The largest absolute Gasteiger partial charge is 0.376 e. The summed E-state index contributed by atoms with van der Waals surface area (Å²) in [5.74, 6) is 2.55. The van der Waals surface area contributed by atoms with Crippen LogP contribution in [0.25, 0.3) is 0 Å². The van der Waals surface area contributed by atoms with Crippen molar-refractivity contribution in [2.45, 2.75) is 0 Å². The van der Waals surface area contributed by atoms with Gasteiger partial charge in [0, 0.05) is 14.1 Å². The van der Waals surface area contributed by atoms with E-state index in [0.717, 1.165) is 11.4 Å². The second kappa shape index (κ2) is 4.42. The Balaban J connectivity index is 2.86. The quantitative estimate of drug-likeness (QED) is 0.703. The predicted molar refractivity (Wildman–Crippen MR) is 58.1 cm³/mol. The molecule has 1 rings (SSSR count). The monoisotopic (exact) mass is 174 g/mol. The maximum Gasteiger partial charge on any atom is 0.0764 e. The molecule has 1 aromatic carbocycles. The van der Waals surface area contributed by atoms with Crippen molar-refractivity contribution < 1.29 is 0 Å². The molecular weight excluding hydrogens is 160 g/mol. The fourth-order valence-corrected chi connectivity index (χ4v) is 1.16. The minimum atomic E-state index is 0.560. The van der Waals surface area contributed by atoms with E-state index in [1.54, 1.807) is 0 Å². The van der Waals surface area contributed by atoms with Crippen LogP contribution in [0.4, 0.5) is 11.4 Å². The SMILES string of the molecule is C#CCNc1ccccc1N(C)C. The summed E-state index contributed by atoms with van der Waals surface area (Å²) in [6, 6.07) is 8.08. The average Bonchev–Trinajstić information content (AvgIpc) is 2.15. The molecule has 0 bridgehead atoms. The van der Waals surface area contributed by atoms with Crippen LogP contribution in [0.1, 0.15) is 0 Å². The summed E-state index contributed by atoms with van der Waals surface area (Å²) in [6.45, 7) is 0.560. The smallest absolute Gasteiger partial charge is 0.0764 e. The Morgan fingerprint density at radius 2 is 2.08 bits per heavy atom. The summed E-state index contributed by atoms with van der Waals surface area (Å²) in [5, 5.41) is 3.17. The van der Waals surface area contributed by atoms with Gasteiger partial charge in [-0.05, 0) is 12.1 Å². The van der Waals surface area contributed by atoms with Gasteiger partial charge in [0.1, 0.15) is 0 Å². The molecular formula is C11H14N2. The minimum Gasteiger partial charge on any atom is -0.376 e. The Bertz CT molecular complexity index is 310. The molecule has 0 aliphatic heterocycles. The van der Waals surface area contributed by atoms with Crippen molar-refractivity contribution in [1.82, 2.24) is 0 Å². The molecule has 0 saturated carbocycles. The van der Waals surface area contributed by atoms with Gasteiger partial charge in [0.25, 0.3) is 0 Å². The zero-order valence-corrected chi connectivity index (χ0v) is 8.04. The molecule has 1 N–H and O–H groups in total. The Hall–Kier alpha value is -1.62. The molecule has 0 radical (unpaired) electrons. The first-order valence-electron chi connectivity index (χ1n) is 4.19. The maximum atomic E-state index is 5.18. The number of nitrogens with zero attached hydrogens (tertiary/aromatic N) is 1. The number of hydrogen-bond donors (Lipinski definition) is 1. The summed E-state index contributed by atoms with van der Waals surface area (Å²) in [5.41, 5.74) is 2.23. The average molecular weight is 174 g/mol. The molecule has 2 nitrogen and oxygen atoms in total. The number of benzene rings is 1. The van der Waals surface area contributed by atoms with Crippen LogP contribution >= 0.6 is 0 Å². The van der Waals surface area contributed by atoms with E-state index in [2.05, 4.69) is 22.2 Å². The van der Waals surface area contributed by atoms with Gasteiger partial charge in [-0.1, -0.05) is 18.1 Å². The number of nitrogens with one attached hydrogen (secondary N) is 1. The van der Waals surface area contributed by atoms with Crippen molar-refractivity contribution in [1.29, 1.82) is 0 Å². The minimum absolute atomic E-state index is 0.560. The molecule has 0 aliphatic rings. The lowest BCUT2D eigenvalue weighted by Crippen LogP contribution is -2.12. The number of hydrogen-bond acceptors (Lipinski definition) is 2. The molecule has 0 heterocycles. The lowest BCUT2D eigenvalue weighted by Gasteiger charge is -2.17. The Labute approximate surface area is 79.6 Å². The number of anilines is 2. The highest BCUT2D eigenvalue weighted by atomic mass is 15.1. The van der Waals surface area contributed by atoms with Gasteiger partial charge < -0.3 is 10.2 Å². The van der Waals surface area contributed by atoms with Crippen molar-refractivity contribution in [3.05, 3.63) is 24.3 Å². The van der Waals surface area contributed by atoms with Gasteiger partial charge in [-0.15, -0.1) is 6.42 Å². The van der Waals surface area contributed by atoms with Crippen LogP contribution in [0.15, 0.2) is 24.3 Å². The lowest BCUT2D eigenvalue weighted by atomic mass is 10.2. The van der Waals surface area contributed by atoms with Gasteiger partial charge in [0.05, 0.1) is 17.9 Å². The summed E-state index contributed by atoms with van der Waals surface area (Å²) >= 11 is 0. The van der Waals surface area contributed by atoms with Gasteiger partial charge in [0.15, 0.2) is 0 Å². The van der Waals surface area contributed by atoms with Gasteiger partial charge in [-0.2, -0.15) is 0 Å². The molecule has 68 valence electrons. The standard InChI is InChI=1S/C11H14N2/c1-4-9-12-10-7-5-6-8-11(10)13(2)3/h1,5-8,12H,9H2,2-3H3. The fraction of sp³-hybridized carbons (Fsp3) is 0.273. The molecule has 0 atom stereocenters. The first-order valence-corrected chi connectivity index (χ1v) is 4.19. The summed E-state index contributed by atoms with van der Waals surface area (Å²) in [6.07, 6.45) is 5.18. The molecule has 0 spiro atoms. The number of rotatable bonds is 3. The summed E-state index contributed by atoms with van der Waals surface area (Å²) < 4.78 is 0. The van der Waals surface area contributed by atoms with Gasteiger partial charge >= 0.3 is 0 Å². The highest BCUT2D eigenvalue weighted by molar-refractivity contribution is 5.69. The third-order valence-corrected chi connectivity index (χ3v) is 1.77. The zero-order valence-electron chi connectivity index (χ0n) is 8.04. The highest BCUT2D eigenvalue weighted by Crippen LogP contribution is 2.22. The first-order chi connectivity index (χ1) is 6.25. The van der Waals surface area contributed by atoms with Crippen LogP contribution < -0.4 is 10.2 Å². The van der Waals surface area contributed by atoms with E-state index in [4.69, 9.17) is 6.42 Å². The molecule has 2 heteroatoms. The van der Waals surface area contributed by atoms with Crippen LogP contribution in [-0.2, 0) is 0 Å². The second-order valence-corrected chi connectivity index (χ2v) is 2.97. The number of para-hydroxylation sites is 2. The van der Waals surface area contributed by atoms with Crippen LogP contribution in [0.3, 0.4) is 0 Å². The van der Waals surface area contributed by atoms with E-state index in [9.17, 15) is 0 Å². The van der Waals surface area contributed by atoms with E-state index >= 15 is 0 Å². The topological polar surface area (TPSA) is 15.3 Å². The van der Waals surface area contributed by atoms with E-state index < -0.39 is 0 Å². The van der Waals surface area contributed by atoms with Crippen molar-refractivity contribution in [3.8, 4) is 12.3 Å². The lowest BCUT2D eigenvalue weighted by molar-refractivity contribution is 1.13. The molecule has 0 amide bonds. The third-order valence-electron chi connectivity index (χ3n) is 1.77. The Morgan fingerprint density at radius 3 is 2.69 bits per heavy atom. The molecule has 0 aromatic heterocycles. The number of terminal acetylenes is 1. The van der Waals surface area contributed by atoms with Crippen molar-refractivity contribution in [3.63, 3.8) is 0 Å². The van der Waals surface area contributed by atoms with E-state index in [0.29, 0.717) is 6.54 Å². The van der Waals surface area contributed by atoms with Gasteiger partial charge in [0.2, 0.25) is 0 Å². The molecule has 0 unspecified atom stereocenters. The van der Waals surface area contributed by atoms with Crippen LogP contribution in [0.5, 0.6) is 0 Å². The molecule has 0 aliphatic carbocycles. The van der Waals surface area contributed by atoms with Gasteiger partial charge in [-0.3, -0.25) is 0 Å². The zero-order chi connectivity index (χ0) is 9.68. The van der Waals surface area contributed by atoms with Gasteiger partial charge in [-0.25, -0.2) is 0 Å². The van der Waals surface area contributed by atoms with Crippen molar-refractivity contribution in [2.75, 3.05) is 30.9 Å². The second-order valence-electron chi connectivity index (χ2n) is 2.97. The van der Waals surface area contributed by atoms with Crippen LogP contribution in [-0.4, -0.2) is 20.6 Å².